The molecule has 1 aliphatic heterocycles. The van der Waals surface area contributed by atoms with E-state index in [0.29, 0.717) is 25.9 Å². The van der Waals surface area contributed by atoms with Gasteiger partial charge in [0.15, 0.2) is 0 Å². The van der Waals surface area contributed by atoms with Crippen LogP contribution in [0.2, 0.25) is 0 Å². The Balaban J connectivity index is 2.04. The Kier molecular flexibility index (Phi) is 5.80. The van der Waals surface area contributed by atoms with Crippen molar-refractivity contribution in [3.63, 3.8) is 0 Å². The molecule has 1 heterocycles. The Morgan fingerprint density at radius 3 is 2.95 bits per heavy atom. The van der Waals surface area contributed by atoms with Crippen molar-refractivity contribution in [3.8, 4) is 5.75 Å². The number of carbonyl (C=O) groups excluding carboxylic acids is 1. The van der Waals surface area contributed by atoms with Crippen LogP contribution in [0.25, 0.3) is 0 Å². The van der Waals surface area contributed by atoms with E-state index in [2.05, 4.69) is 11.0 Å². The number of methoxy groups -OCH3 is 1. The van der Waals surface area contributed by atoms with Crippen molar-refractivity contribution in [2.45, 2.75) is 31.9 Å². The Morgan fingerprint density at radius 2 is 2.27 bits per heavy atom. The lowest BCUT2D eigenvalue weighted by atomic mass is 10.0. The van der Waals surface area contributed by atoms with Crippen molar-refractivity contribution in [1.29, 1.82) is 0 Å². The highest BCUT2D eigenvalue weighted by Gasteiger charge is 2.32. The SMILES string of the molecule is CCN(C)C(=O)CCN1C[C@@H](O)C[C@@H]1c1cccc(OC)c1. The number of likely N-dealkylation sites (tertiary alicyclic amines) is 1. The lowest BCUT2D eigenvalue weighted by molar-refractivity contribution is -0.130. The first-order chi connectivity index (χ1) is 10.5. The molecule has 1 saturated heterocycles. The Morgan fingerprint density at radius 1 is 1.50 bits per heavy atom. The van der Waals surface area contributed by atoms with E-state index in [0.717, 1.165) is 17.9 Å². The number of rotatable bonds is 6. The fourth-order valence-electron chi connectivity index (χ4n) is 2.93. The zero-order valence-electron chi connectivity index (χ0n) is 13.7. The molecule has 0 saturated carbocycles. The van der Waals surface area contributed by atoms with E-state index in [1.165, 1.54) is 0 Å². The van der Waals surface area contributed by atoms with Gasteiger partial charge in [-0.2, -0.15) is 0 Å². The average Bonchev–Trinajstić information content (AvgIpc) is 2.92. The molecule has 5 nitrogen and oxygen atoms in total. The Hall–Kier alpha value is -1.59. The summed E-state index contributed by atoms with van der Waals surface area (Å²) in [7, 11) is 3.47. The van der Waals surface area contributed by atoms with Crippen LogP contribution in [0.5, 0.6) is 5.75 Å². The summed E-state index contributed by atoms with van der Waals surface area (Å²) in [5.41, 5.74) is 1.13. The van der Waals surface area contributed by atoms with Gasteiger partial charge in [-0.05, 0) is 31.0 Å². The van der Waals surface area contributed by atoms with E-state index in [-0.39, 0.29) is 18.1 Å². The van der Waals surface area contributed by atoms with Crippen LogP contribution in [0.4, 0.5) is 0 Å². The molecule has 0 aromatic heterocycles. The first-order valence-corrected chi connectivity index (χ1v) is 7.85. The number of carbonyl (C=O) groups is 1. The van der Waals surface area contributed by atoms with Crippen LogP contribution >= 0.6 is 0 Å². The summed E-state index contributed by atoms with van der Waals surface area (Å²) in [6.45, 7) is 3.98. The summed E-state index contributed by atoms with van der Waals surface area (Å²) in [4.78, 5) is 15.9. The Bertz CT molecular complexity index is 506. The molecule has 1 amide bonds. The number of aliphatic hydroxyl groups excluding tert-OH is 1. The van der Waals surface area contributed by atoms with Crippen LogP contribution in [-0.4, -0.2) is 60.7 Å². The number of amides is 1. The number of hydrogen-bond acceptors (Lipinski definition) is 4. The van der Waals surface area contributed by atoms with E-state index in [1.807, 2.05) is 32.2 Å². The summed E-state index contributed by atoms with van der Waals surface area (Å²) >= 11 is 0. The van der Waals surface area contributed by atoms with Crippen LogP contribution in [-0.2, 0) is 4.79 Å². The molecule has 1 aromatic carbocycles. The maximum atomic E-state index is 12.0. The molecule has 1 aliphatic rings. The van der Waals surface area contributed by atoms with Crippen molar-refractivity contribution in [2.24, 2.45) is 0 Å². The molecule has 0 bridgehead atoms. The summed E-state index contributed by atoms with van der Waals surface area (Å²) in [5, 5.41) is 10.0. The van der Waals surface area contributed by atoms with Gasteiger partial charge in [0.05, 0.1) is 13.2 Å². The van der Waals surface area contributed by atoms with Crippen LogP contribution in [0.1, 0.15) is 31.4 Å². The van der Waals surface area contributed by atoms with Gasteiger partial charge >= 0.3 is 0 Å². The molecule has 0 spiro atoms. The van der Waals surface area contributed by atoms with Gasteiger partial charge in [0, 0.05) is 39.1 Å². The highest BCUT2D eigenvalue weighted by Crippen LogP contribution is 2.33. The first-order valence-electron chi connectivity index (χ1n) is 7.85. The smallest absolute Gasteiger partial charge is 0.223 e. The molecule has 1 fully saturated rings. The first kappa shape index (κ1) is 16.8. The van der Waals surface area contributed by atoms with E-state index in [9.17, 15) is 9.90 Å². The van der Waals surface area contributed by atoms with Crippen LogP contribution in [0.3, 0.4) is 0 Å². The molecule has 0 unspecified atom stereocenters. The third-order valence-electron chi connectivity index (χ3n) is 4.37. The molecular weight excluding hydrogens is 280 g/mol. The molecule has 0 radical (unpaired) electrons. The molecule has 5 heteroatoms. The number of hydrogen-bond donors (Lipinski definition) is 1. The van der Waals surface area contributed by atoms with Crippen LogP contribution < -0.4 is 4.74 Å². The second-order valence-corrected chi connectivity index (χ2v) is 5.83. The molecule has 1 aromatic rings. The summed E-state index contributed by atoms with van der Waals surface area (Å²) in [5.74, 6) is 0.967. The minimum Gasteiger partial charge on any atom is -0.497 e. The molecule has 2 atom stereocenters. The summed E-state index contributed by atoms with van der Waals surface area (Å²) in [6, 6.07) is 8.09. The third kappa shape index (κ3) is 3.99. The van der Waals surface area contributed by atoms with Gasteiger partial charge in [-0.15, -0.1) is 0 Å². The van der Waals surface area contributed by atoms with Crippen LogP contribution in [0.15, 0.2) is 24.3 Å². The maximum Gasteiger partial charge on any atom is 0.223 e. The minimum atomic E-state index is -0.338. The molecule has 122 valence electrons. The fourth-order valence-corrected chi connectivity index (χ4v) is 2.93. The topological polar surface area (TPSA) is 53.0 Å². The van der Waals surface area contributed by atoms with Crippen molar-refractivity contribution < 1.29 is 14.6 Å². The highest BCUT2D eigenvalue weighted by atomic mass is 16.5. The number of nitrogens with zero attached hydrogens (tertiary/aromatic N) is 2. The van der Waals surface area contributed by atoms with Gasteiger partial charge in [0.25, 0.3) is 0 Å². The molecule has 2 rings (SSSR count). The van der Waals surface area contributed by atoms with E-state index in [4.69, 9.17) is 4.74 Å². The monoisotopic (exact) mass is 306 g/mol. The third-order valence-corrected chi connectivity index (χ3v) is 4.37. The normalized spacial score (nSPS) is 21.8. The number of aliphatic hydroxyl groups is 1. The van der Waals surface area contributed by atoms with Gasteiger partial charge in [-0.1, -0.05) is 12.1 Å². The quantitative estimate of drug-likeness (QED) is 0.869. The van der Waals surface area contributed by atoms with Crippen LogP contribution in [0, 0.1) is 0 Å². The van der Waals surface area contributed by atoms with Crippen molar-refractivity contribution >= 4 is 5.91 Å². The maximum absolute atomic E-state index is 12.0. The van der Waals surface area contributed by atoms with Gasteiger partial charge in [0.1, 0.15) is 5.75 Å². The lowest BCUT2D eigenvalue weighted by Crippen LogP contribution is -2.32. The van der Waals surface area contributed by atoms with E-state index in [1.54, 1.807) is 12.0 Å². The minimum absolute atomic E-state index is 0.143. The van der Waals surface area contributed by atoms with Gasteiger partial charge < -0.3 is 14.7 Å². The summed E-state index contributed by atoms with van der Waals surface area (Å²) in [6.07, 6.45) is 0.845. The Labute approximate surface area is 132 Å². The number of β-amino-alcohol motifs (C(OH)–C–C–N with tert-alkyl or cyclic N) is 1. The van der Waals surface area contributed by atoms with Gasteiger partial charge in [-0.3, -0.25) is 9.69 Å². The molecular formula is C17H26N2O3. The largest absolute Gasteiger partial charge is 0.497 e. The zero-order chi connectivity index (χ0) is 16.1. The second kappa shape index (κ2) is 7.61. The lowest BCUT2D eigenvalue weighted by Gasteiger charge is -2.25. The summed E-state index contributed by atoms with van der Waals surface area (Å²) < 4.78 is 5.28. The zero-order valence-corrected chi connectivity index (χ0v) is 13.7. The van der Waals surface area contributed by atoms with E-state index < -0.39 is 0 Å². The standard InChI is InChI=1S/C17H26N2O3/c1-4-18(2)17(21)8-9-19-12-14(20)11-16(19)13-6-5-7-15(10-13)22-3/h5-7,10,14,16,20H,4,8-9,11-12H2,1-3H3/t14-,16+/m0/s1. The van der Waals surface area contributed by atoms with Crippen molar-refractivity contribution in [2.75, 3.05) is 33.8 Å². The predicted octanol–water partition coefficient (Wildman–Crippen LogP) is 1.67. The second-order valence-electron chi connectivity index (χ2n) is 5.83. The number of ether oxygens (including phenoxy) is 1. The fraction of sp³-hybridized carbons (Fsp3) is 0.588. The average molecular weight is 306 g/mol. The highest BCUT2D eigenvalue weighted by molar-refractivity contribution is 5.76. The van der Waals surface area contributed by atoms with Crippen molar-refractivity contribution in [3.05, 3.63) is 29.8 Å². The number of benzene rings is 1. The molecule has 1 N–H and O–H groups in total. The van der Waals surface area contributed by atoms with Gasteiger partial charge in [0.2, 0.25) is 5.91 Å². The van der Waals surface area contributed by atoms with E-state index >= 15 is 0 Å². The molecule has 22 heavy (non-hydrogen) atoms. The van der Waals surface area contributed by atoms with Gasteiger partial charge in [-0.25, -0.2) is 0 Å². The predicted molar refractivity (Wildman–Crippen MR) is 85.9 cm³/mol. The van der Waals surface area contributed by atoms with Crippen molar-refractivity contribution in [1.82, 2.24) is 9.80 Å². The molecule has 0 aliphatic carbocycles.